The Bertz CT molecular complexity index is 416. The van der Waals surface area contributed by atoms with E-state index < -0.39 is 0 Å². The van der Waals surface area contributed by atoms with Crippen molar-refractivity contribution in [2.45, 2.75) is 21.3 Å². The Morgan fingerprint density at radius 1 is 0.842 bits per heavy atom. The van der Waals surface area contributed by atoms with Gasteiger partial charge < -0.3 is 17.3 Å². The Labute approximate surface area is 142 Å². The summed E-state index contributed by atoms with van der Waals surface area (Å²) >= 11 is 0. The number of hydrogen-bond donors (Lipinski definition) is 1. The minimum Gasteiger partial charge on any atom is -0.504 e. The molecule has 19 heavy (non-hydrogen) atoms. The van der Waals surface area contributed by atoms with Crippen molar-refractivity contribution in [1.82, 2.24) is 0 Å². The van der Waals surface area contributed by atoms with Crippen molar-refractivity contribution < 1.29 is 42.6 Å². The van der Waals surface area contributed by atoms with Crippen molar-refractivity contribution in [1.29, 1.82) is 0 Å². The average Bonchev–Trinajstić information content (AvgIpc) is 2.36. The zero-order chi connectivity index (χ0) is 11.8. The molecular formula is C16H23O2Y-. The zero-order valence-corrected chi connectivity index (χ0v) is 14.0. The van der Waals surface area contributed by atoms with E-state index in [0.717, 1.165) is 0 Å². The molecule has 2 rings (SSSR count). The second kappa shape index (κ2) is 13.6. The Kier molecular flexibility index (Phi) is 16.6. The first-order valence-corrected chi connectivity index (χ1v) is 5.37. The van der Waals surface area contributed by atoms with Crippen molar-refractivity contribution in [2.24, 2.45) is 0 Å². The quantitative estimate of drug-likeness (QED) is 0.755. The Hall–Kier alpha value is -0.856. The van der Waals surface area contributed by atoms with E-state index in [9.17, 15) is 5.11 Å². The maximum Gasteiger partial charge on any atom is 0.169 e. The summed E-state index contributed by atoms with van der Waals surface area (Å²) in [4.78, 5) is 0. The molecule has 2 aromatic carbocycles. The number of para-hydroxylation sites is 3. The van der Waals surface area contributed by atoms with Gasteiger partial charge in [0.25, 0.3) is 0 Å². The predicted molar refractivity (Wildman–Crippen MR) is 79.1 cm³/mol. The van der Waals surface area contributed by atoms with E-state index in [4.69, 9.17) is 4.74 Å². The van der Waals surface area contributed by atoms with Crippen LogP contribution in [0.15, 0.2) is 54.6 Å². The van der Waals surface area contributed by atoms with Crippen LogP contribution in [-0.4, -0.2) is 5.11 Å². The fourth-order valence-corrected chi connectivity index (χ4v) is 1.16. The molecule has 2 aromatic rings. The fourth-order valence-electron chi connectivity index (χ4n) is 1.16. The molecule has 0 saturated carbocycles. The van der Waals surface area contributed by atoms with E-state index in [2.05, 4.69) is 0 Å². The van der Waals surface area contributed by atoms with E-state index >= 15 is 0 Å². The van der Waals surface area contributed by atoms with Gasteiger partial charge in [-0.25, -0.2) is 0 Å². The third-order valence-corrected chi connectivity index (χ3v) is 1.84. The van der Waals surface area contributed by atoms with Crippen molar-refractivity contribution in [3.05, 3.63) is 62.0 Å². The van der Waals surface area contributed by atoms with Crippen LogP contribution in [0.4, 0.5) is 0 Å². The van der Waals surface area contributed by atoms with Crippen molar-refractivity contribution in [3.63, 3.8) is 0 Å². The van der Waals surface area contributed by atoms with Gasteiger partial charge in [-0.15, -0.1) is 0 Å². The van der Waals surface area contributed by atoms with Gasteiger partial charge in [0.15, 0.2) is 11.5 Å². The summed E-state index contributed by atoms with van der Waals surface area (Å²) in [6.07, 6.45) is 0. The molecule has 0 aliphatic rings. The van der Waals surface area contributed by atoms with Gasteiger partial charge in [-0.05, 0) is 24.3 Å². The molecule has 0 saturated heterocycles. The van der Waals surface area contributed by atoms with Crippen molar-refractivity contribution in [3.8, 4) is 17.2 Å². The molecule has 0 fully saturated rings. The van der Waals surface area contributed by atoms with Crippen molar-refractivity contribution in [2.75, 3.05) is 0 Å². The van der Waals surface area contributed by atoms with Crippen molar-refractivity contribution >= 4 is 0 Å². The molecule has 0 unspecified atom stereocenters. The Morgan fingerprint density at radius 3 is 1.84 bits per heavy atom. The third-order valence-electron chi connectivity index (χ3n) is 1.84. The monoisotopic (exact) mass is 336 g/mol. The molecule has 0 heterocycles. The molecule has 0 aliphatic heterocycles. The largest absolute Gasteiger partial charge is 0.504 e. The summed E-state index contributed by atoms with van der Waals surface area (Å²) in [5.74, 6) is 1.34. The molecular weight excluding hydrogens is 313 g/mol. The van der Waals surface area contributed by atoms with Gasteiger partial charge >= 0.3 is 0 Å². The molecule has 0 aromatic heterocycles. The maximum atomic E-state index is 9.45. The molecule has 2 nitrogen and oxygen atoms in total. The van der Waals surface area contributed by atoms with Crippen LogP contribution >= 0.6 is 0 Å². The number of hydrogen-bond acceptors (Lipinski definition) is 2. The first-order chi connectivity index (χ1) is 7.86. The Balaban J connectivity index is -0.000000489. The summed E-state index contributed by atoms with van der Waals surface area (Å²) in [5.41, 5.74) is 0. The van der Waals surface area contributed by atoms with E-state index in [1.54, 1.807) is 18.2 Å². The molecule has 1 N–H and O–H groups in total. The summed E-state index contributed by atoms with van der Waals surface area (Å²) in [7, 11) is 0. The van der Waals surface area contributed by atoms with E-state index in [0.29, 0.717) is 11.5 Å². The van der Waals surface area contributed by atoms with Crippen LogP contribution in [0.5, 0.6) is 17.2 Å². The summed E-state index contributed by atoms with van der Waals surface area (Å²) < 4.78 is 5.46. The molecule has 0 aliphatic carbocycles. The van der Waals surface area contributed by atoms with Gasteiger partial charge in [0.2, 0.25) is 0 Å². The minimum absolute atomic E-state index is 0. The average molecular weight is 336 g/mol. The molecule has 1 radical (unpaired) electrons. The number of phenols is 1. The van der Waals surface area contributed by atoms with Gasteiger partial charge in [0.05, 0.1) is 0 Å². The van der Waals surface area contributed by atoms with E-state index in [1.807, 2.05) is 50.2 Å². The molecule has 103 valence electrons. The topological polar surface area (TPSA) is 29.5 Å². The second-order valence-corrected chi connectivity index (χ2v) is 2.88. The predicted octanol–water partition coefficient (Wildman–Crippen LogP) is 5.29. The Morgan fingerprint density at radius 2 is 1.32 bits per heavy atom. The van der Waals surface area contributed by atoms with Gasteiger partial charge in [0.1, 0.15) is 5.75 Å². The standard InChI is InChI=1S/C12H10O2.C2H6.CH4.CH3.Y/c13-11-8-4-5-9-12(11)14-10-6-2-1-3-7-10;1-2;;;/h1-9,13H;1-2H3;1H4;1H3;/q;;;-1;. The van der Waals surface area contributed by atoms with Gasteiger partial charge in [0, 0.05) is 32.7 Å². The van der Waals surface area contributed by atoms with Crippen LogP contribution in [0.3, 0.4) is 0 Å². The van der Waals surface area contributed by atoms with Crippen LogP contribution in [0.1, 0.15) is 21.3 Å². The van der Waals surface area contributed by atoms with Crippen LogP contribution in [0.2, 0.25) is 0 Å². The third kappa shape index (κ3) is 8.02. The van der Waals surface area contributed by atoms with Crippen LogP contribution in [0, 0.1) is 7.43 Å². The number of phenolic OH excluding ortho intramolecular Hbond substituents is 1. The van der Waals surface area contributed by atoms with Crippen LogP contribution < -0.4 is 4.74 Å². The van der Waals surface area contributed by atoms with Gasteiger partial charge in [-0.1, -0.05) is 51.6 Å². The van der Waals surface area contributed by atoms with E-state index in [-0.39, 0.29) is 53.3 Å². The fraction of sp³-hybridized carbons (Fsp3) is 0.188. The molecule has 3 heteroatoms. The summed E-state index contributed by atoms with van der Waals surface area (Å²) in [6, 6.07) is 16.3. The molecule has 0 bridgehead atoms. The SMILES string of the molecule is C.CC.Oc1ccccc1Oc1ccccc1.[CH3-].[Y]. The molecule has 0 atom stereocenters. The van der Waals surface area contributed by atoms with Gasteiger partial charge in [-0.3, -0.25) is 0 Å². The zero-order valence-electron chi connectivity index (χ0n) is 11.1. The second-order valence-electron chi connectivity index (χ2n) is 2.88. The summed E-state index contributed by atoms with van der Waals surface area (Å²) in [6.45, 7) is 4.00. The summed E-state index contributed by atoms with van der Waals surface area (Å²) in [5, 5.41) is 9.45. The normalized spacial score (nSPS) is 7.47. The first kappa shape index (κ1) is 23.3. The number of aromatic hydroxyl groups is 1. The smallest absolute Gasteiger partial charge is 0.169 e. The molecule has 0 amide bonds. The maximum absolute atomic E-state index is 9.45. The first-order valence-electron chi connectivity index (χ1n) is 5.37. The number of benzene rings is 2. The number of rotatable bonds is 2. The van der Waals surface area contributed by atoms with Crippen LogP contribution in [0.25, 0.3) is 0 Å². The molecule has 0 spiro atoms. The van der Waals surface area contributed by atoms with Crippen LogP contribution in [-0.2, 0) is 32.7 Å². The number of ether oxygens (including phenoxy) is 1. The van der Waals surface area contributed by atoms with Gasteiger partial charge in [-0.2, -0.15) is 0 Å². The van der Waals surface area contributed by atoms with E-state index in [1.165, 1.54) is 0 Å². The minimum atomic E-state index is 0.